The van der Waals surface area contributed by atoms with Crippen molar-refractivity contribution < 1.29 is 13.5 Å². The molecule has 4 heteroatoms. The van der Waals surface area contributed by atoms with E-state index in [0.717, 1.165) is 38.4 Å². The maximum Gasteiger partial charge on any atom is 0.133 e. The molecule has 1 aromatic rings. The number of hydrogen-bond acceptors (Lipinski definition) is 2. The largest absolute Gasteiger partial charge is 0.493 e. The van der Waals surface area contributed by atoms with E-state index in [-0.39, 0.29) is 5.92 Å². The molecule has 1 saturated heterocycles. The number of halogens is 2. The number of ether oxygens (including phenoxy) is 1. The van der Waals surface area contributed by atoms with Gasteiger partial charge in [0.1, 0.15) is 17.4 Å². The van der Waals surface area contributed by atoms with E-state index in [4.69, 9.17) is 4.74 Å². The Kier molecular flexibility index (Phi) is 3.20. The zero-order chi connectivity index (χ0) is 12.5. The summed E-state index contributed by atoms with van der Waals surface area (Å²) in [6.45, 7) is 2.33. The predicted octanol–water partition coefficient (Wildman–Crippen LogP) is 2.76. The minimum absolute atomic E-state index is 0.152. The first-order valence-corrected chi connectivity index (χ1v) is 6.61. The summed E-state index contributed by atoms with van der Waals surface area (Å²) >= 11 is 0. The monoisotopic (exact) mass is 253 g/mol. The number of hydrogen-bond donors (Lipinski definition) is 1. The van der Waals surface area contributed by atoms with Crippen LogP contribution < -0.4 is 10.1 Å². The van der Waals surface area contributed by atoms with Crippen LogP contribution in [0.5, 0.6) is 5.75 Å². The molecule has 2 aliphatic heterocycles. The van der Waals surface area contributed by atoms with Crippen molar-refractivity contribution in [2.45, 2.75) is 31.6 Å². The highest BCUT2D eigenvalue weighted by atomic mass is 19.1. The molecule has 0 spiro atoms. The van der Waals surface area contributed by atoms with Crippen molar-refractivity contribution in [1.29, 1.82) is 0 Å². The average molecular weight is 253 g/mol. The fourth-order valence-electron chi connectivity index (χ4n) is 2.97. The molecule has 3 rings (SSSR count). The second-order valence-corrected chi connectivity index (χ2v) is 5.04. The molecular formula is C14H17F2NO. The maximum absolute atomic E-state index is 14.1. The molecule has 0 amide bonds. The van der Waals surface area contributed by atoms with Crippen molar-refractivity contribution in [3.8, 4) is 5.75 Å². The summed E-state index contributed by atoms with van der Waals surface area (Å²) in [6, 6.07) is 1.03. The minimum atomic E-state index is -0.458. The van der Waals surface area contributed by atoms with Crippen molar-refractivity contribution in [3.63, 3.8) is 0 Å². The highest BCUT2D eigenvalue weighted by molar-refractivity contribution is 5.46. The third-order valence-electron chi connectivity index (χ3n) is 3.88. The molecule has 98 valence electrons. The van der Waals surface area contributed by atoms with Crippen molar-refractivity contribution >= 4 is 0 Å². The van der Waals surface area contributed by atoms with Crippen LogP contribution in [0.15, 0.2) is 6.07 Å². The zero-order valence-corrected chi connectivity index (χ0v) is 10.3. The van der Waals surface area contributed by atoms with E-state index in [1.807, 2.05) is 0 Å². The van der Waals surface area contributed by atoms with Crippen LogP contribution in [0.4, 0.5) is 8.78 Å². The summed E-state index contributed by atoms with van der Waals surface area (Å²) in [5, 5.41) is 3.26. The number of piperidine rings is 1. The maximum atomic E-state index is 14.1. The van der Waals surface area contributed by atoms with E-state index in [1.165, 1.54) is 0 Å². The summed E-state index contributed by atoms with van der Waals surface area (Å²) in [5.74, 6) is -0.260. The van der Waals surface area contributed by atoms with Crippen molar-refractivity contribution in [3.05, 3.63) is 28.8 Å². The summed E-state index contributed by atoms with van der Waals surface area (Å²) in [7, 11) is 0. The van der Waals surface area contributed by atoms with Gasteiger partial charge in [0.2, 0.25) is 0 Å². The number of rotatable bonds is 1. The summed E-state index contributed by atoms with van der Waals surface area (Å²) < 4.78 is 33.4. The quantitative estimate of drug-likeness (QED) is 0.831. The topological polar surface area (TPSA) is 21.3 Å². The molecule has 18 heavy (non-hydrogen) atoms. The number of benzene rings is 1. The van der Waals surface area contributed by atoms with Crippen LogP contribution in [0.1, 0.15) is 36.3 Å². The lowest BCUT2D eigenvalue weighted by atomic mass is 9.86. The molecule has 2 nitrogen and oxygen atoms in total. The highest BCUT2D eigenvalue weighted by Crippen LogP contribution is 2.40. The van der Waals surface area contributed by atoms with Crippen LogP contribution in [0.2, 0.25) is 0 Å². The molecule has 0 radical (unpaired) electrons. The molecule has 2 heterocycles. The molecule has 0 unspecified atom stereocenters. The minimum Gasteiger partial charge on any atom is -0.493 e. The van der Waals surface area contributed by atoms with Crippen molar-refractivity contribution in [1.82, 2.24) is 5.32 Å². The third-order valence-corrected chi connectivity index (χ3v) is 3.88. The Morgan fingerprint density at radius 3 is 2.72 bits per heavy atom. The molecule has 0 aromatic heterocycles. The lowest BCUT2D eigenvalue weighted by Gasteiger charge is -2.28. The smallest absolute Gasteiger partial charge is 0.133 e. The van der Waals surface area contributed by atoms with E-state index in [1.54, 1.807) is 0 Å². The van der Waals surface area contributed by atoms with Gasteiger partial charge < -0.3 is 10.1 Å². The van der Waals surface area contributed by atoms with Gasteiger partial charge in [0.25, 0.3) is 0 Å². The Bertz CT molecular complexity index is 456. The zero-order valence-electron chi connectivity index (χ0n) is 10.3. The molecule has 0 aliphatic carbocycles. The third kappa shape index (κ3) is 1.99. The molecule has 2 aliphatic rings. The summed E-state index contributed by atoms with van der Waals surface area (Å²) in [5.41, 5.74) is 1.17. The van der Waals surface area contributed by atoms with Gasteiger partial charge in [-0.1, -0.05) is 0 Å². The van der Waals surface area contributed by atoms with Crippen LogP contribution in [0.25, 0.3) is 0 Å². The van der Waals surface area contributed by atoms with Gasteiger partial charge in [0, 0.05) is 17.2 Å². The van der Waals surface area contributed by atoms with Gasteiger partial charge in [-0.2, -0.15) is 0 Å². The lowest BCUT2D eigenvalue weighted by Crippen LogP contribution is -2.28. The van der Waals surface area contributed by atoms with Gasteiger partial charge >= 0.3 is 0 Å². The molecule has 1 aromatic carbocycles. The van der Waals surface area contributed by atoms with E-state index in [0.29, 0.717) is 29.9 Å². The Labute approximate surface area is 105 Å². The first-order chi connectivity index (χ1) is 8.77. The Balaban J connectivity index is 2.06. The van der Waals surface area contributed by atoms with Crippen LogP contribution in [-0.2, 0) is 6.42 Å². The van der Waals surface area contributed by atoms with Crippen LogP contribution >= 0.6 is 0 Å². The molecule has 1 N–H and O–H groups in total. The summed E-state index contributed by atoms with van der Waals surface area (Å²) in [4.78, 5) is 0. The first-order valence-electron chi connectivity index (χ1n) is 6.61. The van der Waals surface area contributed by atoms with Gasteiger partial charge in [-0.25, -0.2) is 8.78 Å². The van der Waals surface area contributed by atoms with Crippen molar-refractivity contribution in [2.75, 3.05) is 19.7 Å². The molecule has 0 saturated carbocycles. The average Bonchev–Trinajstić information content (AvgIpc) is 2.40. The SMILES string of the molecule is Fc1cc(F)c(C2CCNCC2)c2c1CCCO2. The second kappa shape index (κ2) is 4.84. The Morgan fingerprint density at radius 2 is 1.94 bits per heavy atom. The molecule has 0 bridgehead atoms. The second-order valence-electron chi connectivity index (χ2n) is 5.04. The fraction of sp³-hybridized carbons (Fsp3) is 0.571. The predicted molar refractivity (Wildman–Crippen MR) is 65.0 cm³/mol. The van der Waals surface area contributed by atoms with E-state index >= 15 is 0 Å². The van der Waals surface area contributed by atoms with Crippen LogP contribution in [-0.4, -0.2) is 19.7 Å². The first kappa shape index (κ1) is 11.9. The van der Waals surface area contributed by atoms with Crippen LogP contribution in [0, 0.1) is 11.6 Å². The Morgan fingerprint density at radius 1 is 1.17 bits per heavy atom. The molecular weight excluding hydrogens is 236 g/mol. The van der Waals surface area contributed by atoms with Gasteiger partial charge in [-0.05, 0) is 44.7 Å². The Hall–Kier alpha value is -1.16. The van der Waals surface area contributed by atoms with E-state index in [2.05, 4.69) is 5.32 Å². The highest BCUT2D eigenvalue weighted by Gasteiger charge is 2.28. The number of fused-ring (bicyclic) bond motifs is 1. The fourth-order valence-corrected chi connectivity index (χ4v) is 2.97. The van der Waals surface area contributed by atoms with Gasteiger partial charge in [-0.15, -0.1) is 0 Å². The molecule has 1 fully saturated rings. The van der Waals surface area contributed by atoms with E-state index < -0.39 is 11.6 Å². The van der Waals surface area contributed by atoms with Gasteiger partial charge in [-0.3, -0.25) is 0 Å². The standard InChI is InChI=1S/C14H17F2NO/c15-11-8-12(16)13(9-3-5-17-6-4-9)14-10(11)2-1-7-18-14/h8-9,17H,1-7H2. The van der Waals surface area contributed by atoms with Gasteiger partial charge in [0.15, 0.2) is 0 Å². The normalized spacial score (nSPS) is 20.3. The number of nitrogens with one attached hydrogen (secondary N) is 1. The van der Waals surface area contributed by atoms with Gasteiger partial charge in [0.05, 0.1) is 6.61 Å². The molecule has 0 atom stereocenters. The van der Waals surface area contributed by atoms with E-state index in [9.17, 15) is 8.78 Å². The van der Waals surface area contributed by atoms with Crippen molar-refractivity contribution in [2.24, 2.45) is 0 Å². The van der Waals surface area contributed by atoms with Crippen LogP contribution in [0.3, 0.4) is 0 Å². The lowest BCUT2D eigenvalue weighted by molar-refractivity contribution is 0.272. The summed E-state index contributed by atoms with van der Waals surface area (Å²) in [6.07, 6.45) is 3.23.